The lowest BCUT2D eigenvalue weighted by molar-refractivity contribution is 0.567. The van der Waals surface area contributed by atoms with Gasteiger partial charge in [-0.25, -0.2) is 0 Å². The van der Waals surface area contributed by atoms with Crippen LogP contribution >= 0.6 is 0 Å². The van der Waals surface area contributed by atoms with E-state index in [9.17, 15) is 0 Å². The Morgan fingerprint density at radius 3 is 2.12 bits per heavy atom. The van der Waals surface area contributed by atoms with Crippen LogP contribution in [-0.4, -0.2) is 0 Å². The summed E-state index contributed by atoms with van der Waals surface area (Å²) in [7, 11) is 0. The molecule has 0 spiro atoms. The van der Waals surface area contributed by atoms with Gasteiger partial charge in [-0.2, -0.15) is 0 Å². The fraction of sp³-hybridized carbons (Fsp3) is 0. The number of hydrogen-bond donors (Lipinski definition) is 1. The minimum atomic E-state index is 0.822. The Kier molecular flexibility index (Phi) is 3.24. The zero-order chi connectivity index (χ0) is 11.2. The van der Waals surface area contributed by atoms with E-state index in [1.54, 1.807) is 6.26 Å². The predicted molar refractivity (Wildman–Crippen MR) is 66.2 cm³/mol. The van der Waals surface area contributed by atoms with Crippen molar-refractivity contribution in [1.82, 2.24) is 0 Å². The van der Waals surface area contributed by atoms with E-state index in [1.807, 2.05) is 60.7 Å². The van der Waals surface area contributed by atoms with Crippen molar-refractivity contribution in [3.63, 3.8) is 0 Å². The maximum absolute atomic E-state index is 5.36. The summed E-state index contributed by atoms with van der Waals surface area (Å²) in [6.45, 7) is 0. The highest BCUT2D eigenvalue weighted by Crippen LogP contribution is 2.20. The molecule has 16 heavy (non-hydrogen) atoms. The van der Waals surface area contributed by atoms with Crippen LogP contribution in [0.1, 0.15) is 0 Å². The SMILES string of the molecule is Nc1ccccc1.c1coc2cccc-2c1. The largest absolute Gasteiger partial charge is 0.464 e. The number of nitrogens with two attached hydrogens (primary N) is 1. The Balaban J connectivity index is 0.000000125. The van der Waals surface area contributed by atoms with Crippen molar-refractivity contribution >= 4 is 5.69 Å². The molecule has 2 N–H and O–H groups in total. The molecule has 2 heteroatoms. The summed E-state index contributed by atoms with van der Waals surface area (Å²) in [5.74, 6) is 0.956. The van der Waals surface area contributed by atoms with Crippen LogP contribution in [0.25, 0.3) is 11.3 Å². The first-order valence-electron chi connectivity index (χ1n) is 5.09. The fourth-order valence-corrected chi connectivity index (χ4v) is 1.37. The molecule has 0 bridgehead atoms. The molecule has 1 aliphatic heterocycles. The normalized spacial score (nSPS) is 9.50. The third-order valence-electron chi connectivity index (χ3n) is 2.16. The molecule has 3 rings (SSSR count). The van der Waals surface area contributed by atoms with Gasteiger partial charge < -0.3 is 10.2 Å². The van der Waals surface area contributed by atoms with Gasteiger partial charge in [0.25, 0.3) is 0 Å². The molecule has 2 aliphatic rings. The van der Waals surface area contributed by atoms with Crippen LogP contribution in [0.3, 0.4) is 0 Å². The molecule has 0 saturated carbocycles. The van der Waals surface area contributed by atoms with E-state index in [0.717, 1.165) is 17.0 Å². The average molecular weight is 211 g/mol. The van der Waals surface area contributed by atoms with Crippen molar-refractivity contribution in [3.05, 3.63) is 66.9 Å². The quantitative estimate of drug-likeness (QED) is 0.576. The zero-order valence-electron chi connectivity index (χ0n) is 8.84. The van der Waals surface area contributed by atoms with E-state index in [-0.39, 0.29) is 0 Å². The van der Waals surface area contributed by atoms with Gasteiger partial charge in [-0.3, -0.25) is 0 Å². The van der Waals surface area contributed by atoms with Crippen molar-refractivity contribution in [2.45, 2.75) is 0 Å². The average Bonchev–Trinajstić information content (AvgIpc) is 2.79. The Morgan fingerprint density at radius 1 is 0.750 bits per heavy atom. The molecule has 0 unspecified atom stereocenters. The lowest BCUT2D eigenvalue weighted by Crippen LogP contribution is -1.79. The second-order valence-electron chi connectivity index (χ2n) is 3.37. The predicted octanol–water partition coefficient (Wildman–Crippen LogP) is 3.65. The van der Waals surface area contributed by atoms with Gasteiger partial charge in [-0.1, -0.05) is 30.3 Å². The maximum atomic E-state index is 5.36. The van der Waals surface area contributed by atoms with E-state index in [2.05, 4.69) is 0 Å². The summed E-state index contributed by atoms with van der Waals surface area (Å²) >= 11 is 0. The summed E-state index contributed by atoms with van der Waals surface area (Å²) in [6.07, 6.45) is 1.68. The highest BCUT2D eigenvalue weighted by atomic mass is 16.3. The Morgan fingerprint density at radius 2 is 1.50 bits per heavy atom. The van der Waals surface area contributed by atoms with Crippen LogP contribution in [0.2, 0.25) is 0 Å². The molecule has 0 atom stereocenters. The van der Waals surface area contributed by atoms with E-state index in [0.29, 0.717) is 0 Å². The molecule has 2 nitrogen and oxygen atoms in total. The number of benzene rings is 1. The van der Waals surface area contributed by atoms with E-state index < -0.39 is 0 Å². The Hall–Kier alpha value is -2.22. The van der Waals surface area contributed by atoms with Crippen LogP contribution in [0.5, 0.6) is 0 Å². The molecule has 0 saturated heterocycles. The van der Waals surface area contributed by atoms with Gasteiger partial charge in [-0.05, 0) is 30.3 Å². The molecule has 80 valence electrons. The zero-order valence-corrected chi connectivity index (χ0v) is 8.84. The number of nitrogen functional groups attached to an aromatic ring is 1. The van der Waals surface area contributed by atoms with Crippen molar-refractivity contribution < 1.29 is 4.42 Å². The second kappa shape index (κ2) is 5.03. The number of rotatable bonds is 0. The molecule has 1 aromatic carbocycles. The van der Waals surface area contributed by atoms with Crippen molar-refractivity contribution in [3.8, 4) is 11.3 Å². The Labute approximate surface area is 94.7 Å². The summed E-state index contributed by atoms with van der Waals surface area (Å²) in [5.41, 5.74) is 7.34. The lowest BCUT2D eigenvalue weighted by Gasteiger charge is -1.92. The third kappa shape index (κ3) is 2.64. The first-order valence-corrected chi connectivity index (χ1v) is 5.09. The first kappa shape index (κ1) is 10.3. The summed E-state index contributed by atoms with van der Waals surface area (Å²) in [5, 5.41) is 0. The molecule has 1 aromatic rings. The first-order chi connectivity index (χ1) is 7.86. The van der Waals surface area contributed by atoms with Crippen LogP contribution in [0.15, 0.2) is 71.3 Å². The van der Waals surface area contributed by atoms with Gasteiger partial charge in [0, 0.05) is 11.3 Å². The fourth-order valence-electron chi connectivity index (χ4n) is 1.37. The molecular formula is C14H13NO. The van der Waals surface area contributed by atoms with Gasteiger partial charge >= 0.3 is 0 Å². The molecule has 0 fully saturated rings. The minimum Gasteiger partial charge on any atom is -0.464 e. The van der Waals surface area contributed by atoms with Crippen LogP contribution in [0, 0.1) is 0 Å². The van der Waals surface area contributed by atoms with E-state index >= 15 is 0 Å². The monoisotopic (exact) mass is 211 g/mol. The van der Waals surface area contributed by atoms with E-state index in [1.165, 1.54) is 0 Å². The van der Waals surface area contributed by atoms with Gasteiger partial charge in [0.15, 0.2) is 0 Å². The van der Waals surface area contributed by atoms with Crippen molar-refractivity contribution in [2.24, 2.45) is 0 Å². The van der Waals surface area contributed by atoms with Crippen LogP contribution in [-0.2, 0) is 0 Å². The van der Waals surface area contributed by atoms with Crippen molar-refractivity contribution in [1.29, 1.82) is 0 Å². The third-order valence-corrected chi connectivity index (χ3v) is 2.16. The summed E-state index contributed by atoms with van der Waals surface area (Å²) in [6, 6.07) is 19.4. The minimum absolute atomic E-state index is 0.822. The number of hydrogen-bond acceptors (Lipinski definition) is 2. The Bertz CT molecular complexity index is 474. The highest BCUT2D eigenvalue weighted by Gasteiger charge is 1.98. The van der Waals surface area contributed by atoms with Gasteiger partial charge in [-0.15, -0.1) is 0 Å². The van der Waals surface area contributed by atoms with Crippen molar-refractivity contribution in [2.75, 3.05) is 5.73 Å². The van der Waals surface area contributed by atoms with E-state index in [4.69, 9.17) is 10.2 Å². The molecular weight excluding hydrogens is 198 g/mol. The highest BCUT2D eigenvalue weighted by molar-refractivity contribution is 5.59. The van der Waals surface area contributed by atoms with Gasteiger partial charge in [0.2, 0.25) is 0 Å². The molecule has 0 aromatic heterocycles. The molecule has 1 aliphatic carbocycles. The van der Waals surface area contributed by atoms with Crippen LogP contribution < -0.4 is 5.73 Å². The summed E-state index contributed by atoms with van der Waals surface area (Å²) in [4.78, 5) is 0. The summed E-state index contributed by atoms with van der Waals surface area (Å²) < 4.78 is 5.15. The lowest BCUT2D eigenvalue weighted by atomic mass is 10.3. The van der Waals surface area contributed by atoms with Gasteiger partial charge in [0.05, 0.1) is 6.26 Å². The molecule has 0 radical (unpaired) electrons. The standard InChI is InChI=1S/C8H6O.C6H7N/c1-3-7-4-2-6-9-8(7)5-1;7-6-4-2-1-3-5-6/h1-6H;1-5H,7H2. The van der Waals surface area contributed by atoms with Gasteiger partial charge in [0.1, 0.15) is 5.76 Å². The smallest absolute Gasteiger partial charge is 0.133 e. The number of fused-ring (bicyclic) bond motifs is 1. The molecule has 0 amide bonds. The maximum Gasteiger partial charge on any atom is 0.133 e. The second-order valence-corrected chi connectivity index (χ2v) is 3.37. The molecule has 1 heterocycles. The topological polar surface area (TPSA) is 39.2 Å². The number of anilines is 1. The van der Waals surface area contributed by atoms with Crippen LogP contribution in [0.4, 0.5) is 5.69 Å². The number of para-hydroxylation sites is 1.